The standard InChI is InChI=1S/C17H20N4O2/c22-17(16-5-2-10-23-16)20-14-3-1-4-15-13(14)11-19-21(15)12-6-8-18-9-7-12/h6-9,11,14,16H,1-5,10H2,(H,20,22). The van der Waals surface area contributed by atoms with E-state index in [0.29, 0.717) is 6.61 Å². The fourth-order valence-electron chi connectivity index (χ4n) is 3.46. The zero-order valence-corrected chi connectivity index (χ0v) is 12.9. The largest absolute Gasteiger partial charge is 0.368 e. The third-order valence-corrected chi connectivity index (χ3v) is 4.63. The van der Waals surface area contributed by atoms with E-state index in [1.807, 2.05) is 23.0 Å². The molecule has 23 heavy (non-hydrogen) atoms. The Bertz CT molecular complexity index is 692. The van der Waals surface area contributed by atoms with Gasteiger partial charge in [0.05, 0.1) is 17.9 Å². The third kappa shape index (κ3) is 2.74. The van der Waals surface area contributed by atoms with Gasteiger partial charge in [-0.25, -0.2) is 4.68 Å². The lowest BCUT2D eigenvalue weighted by atomic mass is 9.92. The van der Waals surface area contributed by atoms with Crippen molar-refractivity contribution in [2.75, 3.05) is 6.61 Å². The number of rotatable bonds is 3. The van der Waals surface area contributed by atoms with Gasteiger partial charge in [-0.15, -0.1) is 0 Å². The molecule has 0 aromatic carbocycles. The second-order valence-corrected chi connectivity index (χ2v) is 6.12. The van der Waals surface area contributed by atoms with Crippen molar-refractivity contribution in [3.05, 3.63) is 42.0 Å². The minimum Gasteiger partial charge on any atom is -0.368 e. The van der Waals surface area contributed by atoms with Crippen molar-refractivity contribution in [3.63, 3.8) is 0 Å². The summed E-state index contributed by atoms with van der Waals surface area (Å²) in [7, 11) is 0. The first kappa shape index (κ1) is 14.4. The van der Waals surface area contributed by atoms with E-state index in [4.69, 9.17) is 4.74 Å². The normalized spacial score (nSPS) is 23.5. The molecule has 2 aliphatic rings. The van der Waals surface area contributed by atoms with Gasteiger partial charge in [0.15, 0.2) is 0 Å². The summed E-state index contributed by atoms with van der Waals surface area (Å²) in [5.74, 6) is 0.0111. The fourth-order valence-corrected chi connectivity index (χ4v) is 3.46. The van der Waals surface area contributed by atoms with Crippen LogP contribution in [0.2, 0.25) is 0 Å². The Kier molecular flexibility index (Phi) is 3.83. The van der Waals surface area contributed by atoms with E-state index in [2.05, 4.69) is 15.4 Å². The highest BCUT2D eigenvalue weighted by atomic mass is 16.5. The summed E-state index contributed by atoms with van der Waals surface area (Å²) in [6.45, 7) is 0.688. The molecule has 3 heterocycles. The van der Waals surface area contributed by atoms with Crippen molar-refractivity contribution >= 4 is 5.91 Å². The number of hydrogen-bond donors (Lipinski definition) is 1. The van der Waals surface area contributed by atoms with Crippen molar-refractivity contribution in [2.45, 2.75) is 44.2 Å². The van der Waals surface area contributed by atoms with Gasteiger partial charge in [0, 0.05) is 30.3 Å². The Morgan fingerprint density at radius 1 is 1.26 bits per heavy atom. The van der Waals surface area contributed by atoms with E-state index in [1.54, 1.807) is 12.4 Å². The second kappa shape index (κ2) is 6.12. The Hall–Kier alpha value is -2.21. The molecule has 6 heteroatoms. The topological polar surface area (TPSA) is 69.0 Å². The molecule has 1 fully saturated rings. The highest BCUT2D eigenvalue weighted by molar-refractivity contribution is 5.81. The minimum absolute atomic E-state index is 0.0111. The molecule has 1 aliphatic carbocycles. The number of nitrogens with one attached hydrogen (secondary N) is 1. The lowest BCUT2D eigenvalue weighted by molar-refractivity contribution is -0.130. The minimum atomic E-state index is -0.282. The maximum absolute atomic E-state index is 12.3. The molecule has 1 amide bonds. The lowest BCUT2D eigenvalue weighted by Gasteiger charge is -2.25. The Morgan fingerprint density at radius 3 is 2.91 bits per heavy atom. The van der Waals surface area contributed by atoms with E-state index in [1.165, 1.54) is 5.69 Å². The van der Waals surface area contributed by atoms with Crippen molar-refractivity contribution in [2.24, 2.45) is 0 Å². The SMILES string of the molecule is O=C(NC1CCCc2c1cnn2-c1ccncc1)C1CCCO1. The van der Waals surface area contributed by atoms with Gasteiger partial charge >= 0.3 is 0 Å². The predicted octanol–water partition coefficient (Wildman–Crippen LogP) is 1.94. The Labute approximate surface area is 134 Å². The maximum Gasteiger partial charge on any atom is 0.249 e. The molecule has 1 saturated heterocycles. The summed E-state index contributed by atoms with van der Waals surface area (Å²) < 4.78 is 7.44. The van der Waals surface area contributed by atoms with Crippen molar-refractivity contribution in [1.82, 2.24) is 20.1 Å². The van der Waals surface area contributed by atoms with Crippen LogP contribution < -0.4 is 5.32 Å². The quantitative estimate of drug-likeness (QED) is 0.940. The van der Waals surface area contributed by atoms with E-state index in [9.17, 15) is 4.79 Å². The average Bonchev–Trinajstić information content (AvgIpc) is 3.26. The van der Waals surface area contributed by atoms with E-state index < -0.39 is 0 Å². The number of aromatic nitrogens is 3. The maximum atomic E-state index is 12.3. The highest BCUT2D eigenvalue weighted by Gasteiger charge is 2.30. The molecular formula is C17H20N4O2. The molecule has 1 aliphatic heterocycles. The predicted molar refractivity (Wildman–Crippen MR) is 84.2 cm³/mol. The molecule has 0 saturated carbocycles. The van der Waals surface area contributed by atoms with E-state index in [0.717, 1.165) is 43.4 Å². The van der Waals surface area contributed by atoms with Crippen LogP contribution >= 0.6 is 0 Å². The zero-order chi connectivity index (χ0) is 15.6. The molecular weight excluding hydrogens is 292 g/mol. The van der Waals surface area contributed by atoms with Gasteiger partial charge < -0.3 is 10.1 Å². The van der Waals surface area contributed by atoms with Crippen LogP contribution in [0.15, 0.2) is 30.7 Å². The number of carbonyl (C=O) groups excluding carboxylic acids is 1. The first-order chi connectivity index (χ1) is 11.3. The van der Waals surface area contributed by atoms with Crippen LogP contribution in [0.5, 0.6) is 0 Å². The fraction of sp³-hybridized carbons (Fsp3) is 0.471. The van der Waals surface area contributed by atoms with Gasteiger partial charge in [-0.1, -0.05) is 0 Å². The second-order valence-electron chi connectivity index (χ2n) is 6.12. The van der Waals surface area contributed by atoms with Gasteiger partial charge in [-0.3, -0.25) is 9.78 Å². The summed E-state index contributed by atoms with van der Waals surface area (Å²) >= 11 is 0. The number of pyridine rings is 1. The number of amides is 1. The summed E-state index contributed by atoms with van der Waals surface area (Å²) in [4.78, 5) is 16.4. The molecule has 0 bridgehead atoms. The monoisotopic (exact) mass is 312 g/mol. The van der Waals surface area contributed by atoms with Crippen molar-refractivity contribution < 1.29 is 9.53 Å². The van der Waals surface area contributed by atoms with Crippen LogP contribution in [-0.4, -0.2) is 33.4 Å². The van der Waals surface area contributed by atoms with Crippen LogP contribution in [-0.2, 0) is 16.0 Å². The third-order valence-electron chi connectivity index (χ3n) is 4.63. The summed E-state index contributed by atoms with van der Waals surface area (Å²) in [6.07, 6.45) is 9.89. The number of nitrogens with zero attached hydrogens (tertiary/aromatic N) is 3. The summed E-state index contributed by atoms with van der Waals surface area (Å²) in [5, 5.41) is 7.68. The van der Waals surface area contributed by atoms with E-state index >= 15 is 0 Å². The highest BCUT2D eigenvalue weighted by Crippen LogP contribution is 2.31. The Balaban J connectivity index is 1.57. The molecule has 2 aromatic heterocycles. The molecule has 2 aromatic rings. The molecule has 6 nitrogen and oxygen atoms in total. The van der Waals surface area contributed by atoms with E-state index in [-0.39, 0.29) is 18.1 Å². The molecule has 0 radical (unpaired) electrons. The Morgan fingerprint density at radius 2 is 2.13 bits per heavy atom. The van der Waals surface area contributed by atoms with Gasteiger partial charge in [0.25, 0.3) is 0 Å². The first-order valence-corrected chi connectivity index (χ1v) is 8.22. The summed E-state index contributed by atoms with van der Waals surface area (Å²) in [5.41, 5.74) is 3.31. The van der Waals surface area contributed by atoms with Gasteiger partial charge in [0.2, 0.25) is 5.91 Å². The van der Waals surface area contributed by atoms with Crippen molar-refractivity contribution in [3.8, 4) is 5.69 Å². The smallest absolute Gasteiger partial charge is 0.249 e. The van der Waals surface area contributed by atoms with Crippen LogP contribution in [0.4, 0.5) is 0 Å². The molecule has 2 atom stereocenters. The molecule has 1 N–H and O–H groups in total. The van der Waals surface area contributed by atoms with Gasteiger partial charge in [0.1, 0.15) is 6.10 Å². The van der Waals surface area contributed by atoms with Crippen LogP contribution in [0.1, 0.15) is 43.0 Å². The number of hydrogen-bond acceptors (Lipinski definition) is 4. The molecule has 120 valence electrons. The van der Waals surface area contributed by atoms with Gasteiger partial charge in [-0.05, 0) is 44.2 Å². The lowest BCUT2D eigenvalue weighted by Crippen LogP contribution is -2.38. The zero-order valence-electron chi connectivity index (χ0n) is 12.9. The number of fused-ring (bicyclic) bond motifs is 1. The van der Waals surface area contributed by atoms with Crippen LogP contribution in [0.25, 0.3) is 5.69 Å². The molecule has 4 rings (SSSR count). The number of ether oxygens (including phenoxy) is 1. The molecule has 0 spiro atoms. The van der Waals surface area contributed by atoms with Gasteiger partial charge in [-0.2, -0.15) is 5.10 Å². The molecule has 2 unspecified atom stereocenters. The van der Waals surface area contributed by atoms with Crippen molar-refractivity contribution in [1.29, 1.82) is 0 Å². The first-order valence-electron chi connectivity index (χ1n) is 8.22. The van der Waals surface area contributed by atoms with Crippen LogP contribution in [0, 0.1) is 0 Å². The average molecular weight is 312 g/mol. The number of carbonyl (C=O) groups is 1. The summed E-state index contributed by atoms with van der Waals surface area (Å²) in [6, 6.07) is 3.93. The van der Waals surface area contributed by atoms with Crippen LogP contribution in [0.3, 0.4) is 0 Å².